The number of likely N-dealkylation sites (tertiary alicyclic amines) is 1. The molecule has 134 valence electrons. The second kappa shape index (κ2) is 6.42. The maximum atomic E-state index is 13.0. The van der Waals surface area contributed by atoms with Gasteiger partial charge in [0.2, 0.25) is 0 Å². The van der Waals surface area contributed by atoms with Crippen LogP contribution >= 0.6 is 0 Å². The summed E-state index contributed by atoms with van der Waals surface area (Å²) >= 11 is 0. The molecule has 0 saturated carbocycles. The quantitative estimate of drug-likeness (QED) is 0.859. The fourth-order valence-electron chi connectivity index (χ4n) is 4.13. The summed E-state index contributed by atoms with van der Waals surface area (Å²) in [5.74, 6) is 0.0194. The van der Waals surface area contributed by atoms with Crippen LogP contribution in [0.4, 0.5) is 0 Å². The summed E-state index contributed by atoms with van der Waals surface area (Å²) in [7, 11) is 1.88. The summed E-state index contributed by atoms with van der Waals surface area (Å²) in [5, 5.41) is 5.38. The number of hydrogen-bond acceptors (Lipinski definition) is 4. The zero-order valence-electron chi connectivity index (χ0n) is 14.9. The molecule has 1 amide bonds. The van der Waals surface area contributed by atoms with Crippen molar-refractivity contribution in [2.75, 3.05) is 26.3 Å². The number of benzene rings is 1. The van der Waals surface area contributed by atoms with Crippen LogP contribution in [-0.4, -0.2) is 58.6 Å². The lowest BCUT2D eigenvalue weighted by Gasteiger charge is -2.38. The van der Waals surface area contributed by atoms with E-state index in [1.54, 1.807) is 4.68 Å². The molecule has 0 bridgehead atoms. The van der Waals surface area contributed by atoms with Crippen LogP contribution in [0.2, 0.25) is 0 Å². The zero-order valence-corrected chi connectivity index (χ0v) is 14.9. The van der Waals surface area contributed by atoms with Crippen molar-refractivity contribution in [2.24, 2.45) is 7.05 Å². The van der Waals surface area contributed by atoms with Crippen molar-refractivity contribution in [1.29, 1.82) is 0 Å². The molecule has 1 spiro atoms. The number of aryl methyl sites for hydroxylation is 1. The number of carbonyl (C=O) groups is 1. The van der Waals surface area contributed by atoms with E-state index in [-0.39, 0.29) is 17.6 Å². The Labute approximate surface area is 147 Å². The molecule has 2 aromatic rings. The van der Waals surface area contributed by atoms with Gasteiger partial charge < -0.3 is 14.4 Å². The van der Waals surface area contributed by atoms with Gasteiger partial charge in [-0.05, 0) is 25.8 Å². The first kappa shape index (κ1) is 16.5. The van der Waals surface area contributed by atoms with Crippen molar-refractivity contribution in [1.82, 2.24) is 14.7 Å². The predicted molar refractivity (Wildman–Crippen MR) is 94.6 cm³/mol. The molecule has 0 unspecified atom stereocenters. The average Bonchev–Trinajstić information content (AvgIpc) is 3.18. The van der Waals surface area contributed by atoms with E-state index in [9.17, 15) is 4.79 Å². The van der Waals surface area contributed by atoms with Crippen LogP contribution in [0.25, 0.3) is 10.9 Å². The number of hydrogen-bond donors (Lipinski definition) is 0. The molecule has 0 aliphatic carbocycles. The normalized spacial score (nSPS) is 22.8. The van der Waals surface area contributed by atoms with Gasteiger partial charge in [-0.25, -0.2) is 0 Å². The molecule has 1 aromatic carbocycles. The second-order valence-corrected chi connectivity index (χ2v) is 7.06. The second-order valence-electron chi connectivity index (χ2n) is 7.06. The molecule has 2 aliphatic heterocycles. The molecule has 0 radical (unpaired) electrons. The topological polar surface area (TPSA) is 56.6 Å². The van der Waals surface area contributed by atoms with E-state index in [0.29, 0.717) is 25.4 Å². The molecule has 3 heterocycles. The summed E-state index contributed by atoms with van der Waals surface area (Å²) in [5.41, 5.74) is 1.43. The standard InChI is InChI=1S/C19H25N3O3/c1-3-24-14-12-19(25-13-14)8-10-22(11-9-19)18(23)17-15-6-4-5-7-16(15)21(2)20-17/h4-7,14H,3,8-13H2,1-2H3/t14-/m1/s1. The maximum Gasteiger partial charge on any atom is 0.275 e. The van der Waals surface area contributed by atoms with Gasteiger partial charge in [0.1, 0.15) is 0 Å². The summed E-state index contributed by atoms with van der Waals surface area (Å²) < 4.78 is 13.6. The Balaban J connectivity index is 1.46. The molecule has 1 atom stereocenters. The summed E-state index contributed by atoms with van der Waals surface area (Å²) in [6.07, 6.45) is 2.88. The summed E-state index contributed by atoms with van der Waals surface area (Å²) in [6.45, 7) is 4.84. The Hall–Kier alpha value is -1.92. The first-order chi connectivity index (χ1) is 12.1. The van der Waals surface area contributed by atoms with E-state index >= 15 is 0 Å². The monoisotopic (exact) mass is 343 g/mol. The van der Waals surface area contributed by atoms with Crippen LogP contribution in [0.1, 0.15) is 36.7 Å². The highest BCUT2D eigenvalue weighted by Crippen LogP contribution is 2.37. The number of piperidine rings is 1. The van der Waals surface area contributed by atoms with Gasteiger partial charge in [0.15, 0.2) is 5.69 Å². The molecule has 2 aliphatic rings. The highest BCUT2D eigenvalue weighted by molar-refractivity contribution is 6.04. The minimum absolute atomic E-state index is 0.0194. The van der Waals surface area contributed by atoms with Crippen molar-refractivity contribution in [3.63, 3.8) is 0 Å². The average molecular weight is 343 g/mol. The number of aromatic nitrogens is 2. The third kappa shape index (κ3) is 2.93. The van der Waals surface area contributed by atoms with E-state index in [4.69, 9.17) is 9.47 Å². The first-order valence-electron chi connectivity index (χ1n) is 9.08. The number of carbonyl (C=O) groups excluding carboxylic acids is 1. The maximum absolute atomic E-state index is 13.0. The molecule has 2 fully saturated rings. The molecule has 4 rings (SSSR count). The van der Waals surface area contributed by atoms with E-state index in [0.717, 1.165) is 36.8 Å². The Kier molecular flexibility index (Phi) is 4.25. The zero-order chi connectivity index (χ0) is 17.4. The van der Waals surface area contributed by atoms with E-state index in [1.807, 2.05) is 43.1 Å². The molecule has 1 aromatic heterocycles. The minimum Gasteiger partial charge on any atom is -0.376 e. The van der Waals surface area contributed by atoms with Crippen LogP contribution in [-0.2, 0) is 16.5 Å². The summed E-state index contributed by atoms with van der Waals surface area (Å²) in [6, 6.07) is 7.87. The molecule has 6 heteroatoms. The molecular formula is C19H25N3O3. The van der Waals surface area contributed by atoms with E-state index < -0.39 is 0 Å². The van der Waals surface area contributed by atoms with Crippen molar-refractivity contribution < 1.29 is 14.3 Å². The van der Waals surface area contributed by atoms with E-state index in [1.165, 1.54) is 0 Å². The van der Waals surface area contributed by atoms with Gasteiger partial charge in [0, 0.05) is 38.6 Å². The van der Waals surface area contributed by atoms with Crippen molar-refractivity contribution in [3.05, 3.63) is 30.0 Å². The number of nitrogens with zero attached hydrogens (tertiary/aromatic N) is 3. The number of para-hydroxylation sites is 1. The first-order valence-corrected chi connectivity index (χ1v) is 9.08. The van der Waals surface area contributed by atoms with Crippen molar-refractivity contribution in [3.8, 4) is 0 Å². The van der Waals surface area contributed by atoms with Gasteiger partial charge in [0.25, 0.3) is 5.91 Å². The molecular weight excluding hydrogens is 318 g/mol. The van der Waals surface area contributed by atoms with Gasteiger partial charge in [-0.3, -0.25) is 9.48 Å². The van der Waals surface area contributed by atoms with Gasteiger partial charge in [-0.1, -0.05) is 18.2 Å². The molecule has 2 saturated heterocycles. The van der Waals surface area contributed by atoms with Gasteiger partial charge in [0.05, 0.1) is 23.8 Å². The lowest BCUT2D eigenvalue weighted by molar-refractivity contribution is -0.0408. The van der Waals surface area contributed by atoms with Crippen LogP contribution in [0.3, 0.4) is 0 Å². The number of ether oxygens (including phenoxy) is 2. The van der Waals surface area contributed by atoms with Crippen LogP contribution in [0, 0.1) is 0 Å². The minimum atomic E-state index is -0.108. The molecule has 0 N–H and O–H groups in total. The van der Waals surface area contributed by atoms with E-state index in [2.05, 4.69) is 5.10 Å². The van der Waals surface area contributed by atoms with Crippen LogP contribution < -0.4 is 0 Å². The van der Waals surface area contributed by atoms with Crippen LogP contribution in [0.15, 0.2) is 24.3 Å². The fraction of sp³-hybridized carbons (Fsp3) is 0.579. The van der Waals surface area contributed by atoms with Gasteiger partial charge in [-0.2, -0.15) is 5.10 Å². The number of fused-ring (bicyclic) bond motifs is 1. The largest absolute Gasteiger partial charge is 0.376 e. The Morgan fingerprint density at radius 3 is 2.88 bits per heavy atom. The SMILES string of the molecule is CCO[C@H]1COC2(CCN(C(=O)c3nn(C)c4ccccc34)CC2)C1. The predicted octanol–water partition coefficient (Wildman–Crippen LogP) is 2.37. The van der Waals surface area contributed by atoms with Crippen molar-refractivity contribution >= 4 is 16.8 Å². The molecule has 6 nitrogen and oxygen atoms in total. The molecule has 25 heavy (non-hydrogen) atoms. The third-order valence-corrected chi connectivity index (χ3v) is 5.50. The lowest BCUT2D eigenvalue weighted by atomic mass is 9.88. The lowest BCUT2D eigenvalue weighted by Crippen LogP contribution is -2.46. The van der Waals surface area contributed by atoms with Gasteiger partial charge >= 0.3 is 0 Å². The Morgan fingerprint density at radius 1 is 1.36 bits per heavy atom. The van der Waals surface area contributed by atoms with Crippen molar-refractivity contribution in [2.45, 2.75) is 37.9 Å². The highest BCUT2D eigenvalue weighted by atomic mass is 16.6. The number of amides is 1. The van der Waals surface area contributed by atoms with Gasteiger partial charge in [-0.15, -0.1) is 0 Å². The van der Waals surface area contributed by atoms with Crippen LogP contribution in [0.5, 0.6) is 0 Å². The highest BCUT2D eigenvalue weighted by Gasteiger charge is 2.44. The smallest absolute Gasteiger partial charge is 0.275 e. The Bertz CT molecular complexity index is 777. The Morgan fingerprint density at radius 2 is 2.12 bits per heavy atom. The fourth-order valence-corrected chi connectivity index (χ4v) is 4.13. The third-order valence-electron chi connectivity index (χ3n) is 5.50. The summed E-state index contributed by atoms with van der Waals surface area (Å²) in [4.78, 5) is 14.9. The number of rotatable bonds is 3.